The van der Waals surface area contributed by atoms with Crippen LogP contribution in [0.3, 0.4) is 0 Å². The van der Waals surface area contributed by atoms with E-state index in [0.717, 1.165) is 9.78 Å². The Morgan fingerprint density at radius 3 is 2.91 bits per heavy atom. The average Bonchev–Trinajstić information content (AvgIpc) is 3.26. The summed E-state index contributed by atoms with van der Waals surface area (Å²) in [4.78, 5) is 37.5. The lowest BCUT2D eigenvalue weighted by molar-refractivity contribution is -0.123. The highest BCUT2D eigenvalue weighted by Gasteiger charge is 2.34. The molecule has 1 saturated heterocycles. The Morgan fingerprint density at radius 2 is 2.22 bits per heavy atom. The van der Waals surface area contributed by atoms with Crippen LogP contribution >= 0.6 is 11.3 Å². The van der Waals surface area contributed by atoms with Gasteiger partial charge in [0.2, 0.25) is 5.76 Å². The number of carbonyl (C=O) groups excluding carboxylic acids is 3. The Bertz CT molecular complexity index is 791. The van der Waals surface area contributed by atoms with Crippen LogP contribution in [0.15, 0.2) is 39.8 Å². The van der Waals surface area contributed by atoms with Gasteiger partial charge in [0, 0.05) is 4.88 Å². The van der Waals surface area contributed by atoms with Crippen molar-refractivity contribution in [1.29, 1.82) is 0 Å². The first-order chi connectivity index (χ1) is 11.1. The molecule has 1 aliphatic heterocycles. The van der Waals surface area contributed by atoms with E-state index >= 15 is 0 Å². The van der Waals surface area contributed by atoms with Crippen LogP contribution in [0.4, 0.5) is 4.79 Å². The third-order valence-corrected chi connectivity index (χ3v) is 3.97. The van der Waals surface area contributed by atoms with E-state index in [0.29, 0.717) is 5.76 Å². The Morgan fingerprint density at radius 1 is 1.39 bits per heavy atom. The summed E-state index contributed by atoms with van der Waals surface area (Å²) >= 11 is 1.46. The molecule has 0 aromatic carbocycles. The van der Waals surface area contributed by atoms with Crippen LogP contribution in [0.2, 0.25) is 0 Å². The van der Waals surface area contributed by atoms with Gasteiger partial charge < -0.3 is 14.5 Å². The van der Waals surface area contributed by atoms with E-state index in [4.69, 9.17) is 4.42 Å². The second kappa shape index (κ2) is 6.09. The molecule has 1 N–H and O–H groups in total. The number of amides is 3. The molecule has 8 heteroatoms. The standard InChI is InChI=1S/C15H12N2O5S/c1-21-14(19)12-5-4-9(22-12)8-17-13(18)11(16-15(17)20)7-10-3-2-6-23-10/h2-7H,8H2,1H3,(H,16,20)/b11-7-. The zero-order valence-electron chi connectivity index (χ0n) is 12.1. The van der Waals surface area contributed by atoms with E-state index in [1.54, 1.807) is 6.08 Å². The van der Waals surface area contributed by atoms with Crippen molar-refractivity contribution in [3.63, 3.8) is 0 Å². The quantitative estimate of drug-likeness (QED) is 0.527. The number of thiophene rings is 1. The van der Waals surface area contributed by atoms with E-state index in [1.807, 2.05) is 17.5 Å². The average molecular weight is 332 g/mol. The van der Waals surface area contributed by atoms with Gasteiger partial charge in [-0.2, -0.15) is 0 Å². The van der Waals surface area contributed by atoms with Crippen molar-refractivity contribution in [2.75, 3.05) is 7.11 Å². The summed E-state index contributed by atoms with van der Waals surface area (Å²) < 4.78 is 9.81. The monoisotopic (exact) mass is 332 g/mol. The SMILES string of the molecule is COC(=O)c1ccc(CN2C(=O)N/C(=C\c3cccs3)C2=O)o1. The molecule has 0 saturated carbocycles. The maximum atomic E-state index is 12.3. The molecule has 0 radical (unpaired) electrons. The summed E-state index contributed by atoms with van der Waals surface area (Å²) in [5, 5.41) is 4.40. The molecule has 0 atom stereocenters. The van der Waals surface area contributed by atoms with Crippen molar-refractivity contribution in [3.8, 4) is 0 Å². The van der Waals surface area contributed by atoms with Gasteiger partial charge in [-0.1, -0.05) is 6.07 Å². The highest BCUT2D eigenvalue weighted by molar-refractivity contribution is 7.10. The van der Waals surface area contributed by atoms with Crippen LogP contribution in [-0.4, -0.2) is 29.9 Å². The number of imide groups is 1. The number of methoxy groups -OCH3 is 1. The zero-order chi connectivity index (χ0) is 16.4. The summed E-state index contributed by atoms with van der Waals surface area (Å²) in [5.74, 6) is -0.735. The molecule has 3 amide bonds. The molecule has 0 aliphatic carbocycles. The molecule has 3 rings (SSSR count). The molecule has 1 fully saturated rings. The van der Waals surface area contributed by atoms with Gasteiger partial charge in [-0.05, 0) is 29.7 Å². The largest absolute Gasteiger partial charge is 0.463 e. The molecular formula is C15H12N2O5S. The number of hydrogen-bond acceptors (Lipinski definition) is 6. The first-order valence-corrected chi connectivity index (χ1v) is 7.51. The van der Waals surface area contributed by atoms with Crippen molar-refractivity contribution in [3.05, 3.63) is 51.7 Å². The summed E-state index contributed by atoms with van der Waals surface area (Å²) in [6.07, 6.45) is 1.62. The molecule has 0 bridgehead atoms. The third-order valence-electron chi connectivity index (χ3n) is 3.15. The predicted octanol–water partition coefficient (Wildman–Crippen LogP) is 2.22. The summed E-state index contributed by atoms with van der Waals surface area (Å²) in [6, 6.07) is 6.12. The van der Waals surface area contributed by atoms with Crippen molar-refractivity contribution in [2.24, 2.45) is 0 Å². The van der Waals surface area contributed by atoms with Crippen LogP contribution in [-0.2, 0) is 16.1 Å². The Hall–Kier alpha value is -2.87. The number of rotatable bonds is 4. The van der Waals surface area contributed by atoms with Crippen LogP contribution < -0.4 is 5.32 Å². The molecule has 1 aliphatic rings. The fraction of sp³-hybridized carbons (Fsp3) is 0.133. The fourth-order valence-electron chi connectivity index (χ4n) is 2.06. The lowest BCUT2D eigenvalue weighted by atomic mass is 10.3. The van der Waals surface area contributed by atoms with Gasteiger partial charge >= 0.3 is 12.0 Å². The molecular weight excluding hydrogens is 320 g/mol. The third kappa shape index (κ3) is 3.02. The zero-order valence-corrected chi connectivity index (χ0v) is 12.9. The Labute approximate surface area is 135 Å². The molecule has 0 unspecified atom stereocenters. The molecule has 23 heavy (non-hydrogen) atoms. The number of urea groups is 1. The van der Waals surface area contributed by atoms with E-state index in [2.05, 4.69) is 10.1 Å². The van der Waals surface area contributed by atoms with Crippen LogP contribution in [0.25, 0.3) is 6.08 Å². The minimum absolute atomic E-state index is 0.0175. The topological polar surface area (TPSA) is 88.9 Å². The molecule has 0 spiro atoms. The van der Waals surface area contributed by atoms with Crippen LogP contribution in [0.5, 0.6) is 0 Å². The van der Waals surface area contributed by atoms with E-state index in [-0.39, 0.29) is 18.0 Å². The number of esters is 1. The van der Waals surface area contributed by atoms with Crippen molar-refractivity contribution < 1.29 is 23.5 Å². The molecule has 2 aromatic rings. The minimum atomic E-state index is -0.619. The number of nitrogens with one attached hydrogen (secondary N) is 1. The molecule has 7 nitrogen and oxygen atoms in total. The lowest BCUT2D eigenvalue weighted by Crippen LogP contribution is -2.30. The maximum absolute atomic E-state index is 12.3. The molecule has 118 valence electrons. The summed E-state index contributed by atoms with van der Waals surface area (Å²) in [7, 11) is 1.24. The first kappa shape index (κ1) is 15.0. The van der Waals surface area contributed by atoms with Gasteiger partial charge in [0.1, 0.15) is 11.5 Å². The smallest absolute Gasteiger partial charge is 0.373 e. The number of nitrogens with zero attached hydrogens (tertiary/aromatic N) is 1. The second-order valence-corrected chi connectivity index (χ2v) is 5.63. The van der Waals surface area contributed by atoms with Gasteiger partial charge in [0.15, 0.2) is 0 Å². The molecule has 2 aromatic heterocycles. The summed E-state index contributed by atoms with van der Waals surface area (Å²) in [5.41, 5.74) is 0.206. The predicted molar refractivity (Wildman–Crippen MR) is 81.4 cm³/mol. The van der Waals surface area contributed by atoms with Gasteiger partial charge in [-0.3, -0.25) is 9.69 Å². The van der Waals surface area contributed by atoms with Crippen LogP contribution in [0.1, 0.15) is 21.2 Å². The second-order valence-electron chi connectivity index (χ2n) is 4.65. The minimum Gasteiger partial charge on any atom is -0.463 e. The van der Waals surface area contributed by atoms with Gasteiger partial charge in [-0.25, -0.2) is 9.59 Å². The normalized spacial score (nSPS) is 16.0. The lowest BCUT2D eigenvalue weighted by Gasteiger charge is -2.09. The van der Waals surface area contributed by atoms with E-state index in [1.165, 1.54) is 30.6 Å². The molecule has 3 heterocycles. The highest BCUT2D eigenvalue weighted by atomic mass is 32.1. The van der Waals surface area contributed by atoms with Crippen molar-refractivity contribution in [1.82, 2.24) is 10.2 Å². The fourth-order valence-corrected chi connectivity index (χ4v) is 2.72. The number of ether oxygens (including phenoxy) is 1. The van der Waals surface area contributed by atoms with Gasteiger partial charge in [-0.15, -0.1) is 11.3 Å². The van der Waals surface area contributed by atoms with E-state index < -0.39 is 17.9 Å². The van der Waals surface area contributed by atoms with E-state index in [9.17, 15) is 14.4 Å². The van der Waals surface area contributed by atoms with Crippen molar-refractivity contribution >= 4 is 35.3 Å². The summed E-state index contributed by atoms with van der Waals surface area (Å²) in [6.45, 7) is -0.0660. The Kier molecular flexibility index (Phi) is 3.98. The first-order valence-electron chi connectivity index (χ1n) is 6.63. The number of hydrogen-bond donors (Lipinski definition) is 1. The highest BCUT2D eigenvalue weighted by Crippen LogP contribution is 2.20. The maximum Gasteiger partial charge on any atom is 0.373 e. The van der Waals surface area contributed by atoms with Gasteiger partial charge in [0.25, 0.3) is 5.91 Å². The van der Waals surface area contributed by atoms with Gasteiger partial charge in [0.05, 0.1) is 13.7 Å². The number of carbonyl (C=O) groups is 3. The Balaban J connectivity index is 1.76. The van der Waals surface area contributed by atoms with Crippen LogP contribution in [0, 0.1) is 0 Å². The van der Waals surface area contributed by atoms with Crippen molar-refractivity contribution in [2.45, 2.75) is 6.54 Å². The number of furan rings is 1.